The lowest BCUT2D eigenvalue weighted by Gasteiger charge is -2.29. The Balaban J connectivity index is 1.24. The zero-order valence-corrected chi connectivity index (χ0v) is 19.5. The van der Waals surface area contributed by atoms with Crippen LogP contribution in [0.4, 0.5) is 5.69 Å². The Morgan fingerprint density at radius 3 is 2.42 bits per heavy atom. The van der Waals surface area contributed by atoms with Crippen LogP contribution in [0.2, 0.25) is 0 Å². The number of fused-ring (bicyclic) bond motifs is 8. The average Bonchev–Trinajstić information content (AvgIpc) is 3.64. The summed E-state index contributed by atoms with van der Waals surface area (Å²) in [4.78, 5) is 46.1. The molecule has 1 saturated heterocycles. The fraction of sp³-hybridized carbons (Fsp3) is 0.370. The summed E-state index contributed by atoms with van der Waals surface area (Å²) >= 11 is 0. The van der Waals surface area contributed by atoms with Crippen molar-refractivity contribution in [1.82, 2.24) is 0 Å². The minimum absolute atomic E-state index is 0.0287. The van der Waals surface area contributed by atoms with E-state index in [2.05, 4.69) is 5.16 Å². The summed E-state index contributed by atoms with van der Waals surface area (Å²) in [5.41, 5.74) is 2.49. The van der Waals surface area contributed by atoms with Crippen LogP contribution in [0.1, 0.15) is 29.3 Å². The molecule has 2 bridgehead atoms. The van der Waals surface area contributed by atoms with Crippen molar-refractivity contribution in [1.29, 1.82) is 5.26 Å². The Bertz CT molecular complexity index is 1310. The van der Waals surface area contributed by atoms with Crippen LogP contribution in [-0.4, -0.2) is 42.8 Å². The molecule has 2 heterocycles. The number of hydrogen-bond donors (Lipinski definition) is 0. The van der Waals surface area contributed by atoms with E-state index in [0.29, 0.717) is 17.0 Å². The first-order valence-corrected chi connectivity index (χ1v) is 12.0. The predicted molar refractivity (Wildman–Crippen MR) is 126 cm³/mol. The third kappa shape index (κ3) is 3.21. The van der Waals surface area contributed by atoms with Gasteiger partial charge in [-0.1, -0.05) is 5.16 Å². The number of hydrogen-bond acceptors (Lipinski definition) is 8. The van der Waals surface area contributed by atoms with Crippen LogP contribution in [-0.2, 0) is 19.2 Å². The highest BCUT2D eigenvalue weighted by Crippen LogP contribution is 2.62. The van der Waals surface area contributed by atoms with E-state index in [1.807, 2.05) is 18.2 Å². The molecule has 4 aliphatic rings. The molecule has 0 N–H and O–H groups in total. The Labute approximate surface area is 207 Å². The third-order valence-corrected chi connectivity index (χ3v) is 7.78. The lowest BCUT2D eigenvalue weighted by atomic mass is 9.71. The van der Waals surface area contributed by atoms with Crippen molar-refractivity contribution in [3.8, 4) is 11.8 Å². The largest absolute Gasteiger partial charge is 0.479 e. The molecule has 6 atom stereocenters. The first kappa shape index (κ1) is 22.3. The van der Waals surface area contributed by atoms with E-state index in [9.17, 15) is 14.4 Å². The van der Waals surface area contributed by atoms with Crippen LogP contribution in [0, 0.1) is 40.9 Å². The first-order valence-electron chi connectivity index (χ1n) is 12.0. The summed E-state index contributed by atoms with van der Waals surface area (Å²) in [6, 6.07) is 15.6. The first-order chi connectivity index (χ1) is 17.5. The highest BCUT2D eigenvalue weighted by atomic mass is 16.6. The Morgan fingerprint density at radius 2 is 1.75 bits per heavy atom. The van der Waals surface area contributed by atoms with Crippen molar-refractivity contribution in [2.45, 2.75) is 19.4 Å². The number of anilines is 1. The Kier molecular flexibility index (Phi) is 5.25. The zero-order chi connectivity index (χ0) is 25.0. The van der Waals surface area contributed by atoms with Crippen LogP contribution in [0.15, 0.2) is 53.7 Å². The second-order valence-corrected chi connectivity index (χ2v) is 9.44. The van der Waals surface area contributed by atoms with E-state index in [-0.39, 0.29) is 48.9 Å². The lowest BCUT2D eigenvalue weighted by molar-refractivity contribution is -0.125. The van der Waals surface area contributed by atoms with Gasteiger partial charge in [-0.25, -0.2) is 4.79 Å². The second kappa shape index (κ2) is 8.48. The molecule has 6 rings (SSSR count). The molecule has 2 aromatic carbocycles. The maximum Gasteiger partial charge on any atom is 0.338 e. The summed E-state index contributed by atoms with van der Waals surface area (Å²) in [5.74, 6) is -1.30. The fourth-order valence-corrected chi connectivity index (χ4v) is 6.42. The molecule has 36 heavy (non-hydrogen) atoms. The lowest BCUT2D eigenvalue weighted by Crippen LogP contribution is -2.41. The van der Waals surface area contributed by atoms with E-state index in [1.165, 1.54) is 4.90 Å². The third-order valence-electron chi connectivity index (χ3n) is 7.78. The predicted octanol–water partition coefficient (Wildman–Crippen LogP) is 2.94. The number of ether oxygens (including phenoxy) is 2. The number of carbonyl (C=O) groups excluding carboxylic acids is 3. The number of amides is 2. The molecule has 2 aliphatic heterocycles. The normalized spacial score (nSPS) is 29.3. The minimum atomic E-state index is -0.445. The van der Waals surface area contributed by atoms with Gasteiger partial charge >= 0.3 is 5.97 Å². The van der Waals surface area contributed by atoms with Crippen LogP contribution in [0.5, 0.6) is 5.75 Å². The van der Waals surface area contributed by atoms with Crippen LogP contribution < -0.4 is 9.64 Å². The molecule has 182 valence electrons. The van der Waals surface area contributed by atoms with Crippen LogP contribution in [0.3, 0.4) is 0 Å². The van der Waals surface area contributed by atoms with Gasteiger partial charge in [0, 0.05) is 17.4 Å². The van der Waals surface area contributed by atoms with Crippen molar-refractivity contribution < 1.29 is 28.7 Å². The number of carbonyl (C=O) groups is 3. The number of imide groups is 1. The SMILES string of the molecule is CCOC(=O)c1ccc(N2C(=O)[C@H]3[C@@H]4C[C@H]([C@H]5C(c6ccc(OCC#N)cc6)=NO[C@H]45)[C@@H]3C2=O)cc1. The monoisotopic (exact) mass is 485 g/mol. The number of esters is 1. The molecule has 2 aliphatic carbocycles. The molecule has 3 fully saturated rings. The van der Waals surface area contributed by atoms with Gasteiger partial charge in [-0.3, -0.25) is 14.5 Å². The molecule has 2 aromatic rings. The van der Waals surface area contributed by atoms with E-state index >= 15 is 0 Å². The maximum absolute atomic E-state index is 13.6. The number of nitrogens with zero attached hydrogens (tertiary/aromatic N) is 3. The van der Waals surface area contributed by atoms with Gasteiger partial charge in [0.15, 0.2) is 6.61 Å². The quantitative estimate of drug-likeness (QED) is 0.456. The van der Waals surface area contributed by atoms with E-state index in [1.54, 1.807) is 43.3 Å². The van der Waals surface area contributed by atoms with Crippen molar-refractivity contribution in [3.63, 3.8) is 0 Å². The molecular formula is C27H23N3O6. The zero-order valence-electron chi connectivity index (χ0n) is 19.5. The molecule has 0 radical (unpaired) electrons. The molecule has 2 saturated carbocycles. The van der Waals surface area contributed by atoms with Gasteiger partial charge in [0.1, 0.15) is 17.9 Å². The summed E-state index contributed by atoms with van der Waals surface area (Å²) in [6.45, 7) is 1.97. The fourth-order valence-electron chi connectivity index (χ4n) is 6.42. The number of nitriles is 1. The van der Waals surface area contributed by atoms with Crippen LogP contribution >= 0.6 is 0 Å². The molecule has 2 amide bonds. The van der Waals surface area contributed by atoms with Crippen molar-refractivity contribution in [2.75, 3.05) is 18.1 Å². The topological polar surface area (TPSA) is 118 Å². The highest BCUT2D eigenvalue weighted by Gasteiger charge is 2.70. The summed E-state index contributed by atoms with van der Waals surface area (Å²) in [7, 11) is 0. The molecule has 0 aromatic heterocycles. The molecule has 9 nitrogen and oxygen atoms in total. The number of benzene rings is 2. The smallest absolute Gasteiger partial charge is 0.338 e. The minimum Gasteiger partial charge on any atom is -0.479 e. The van der Waals surface area contributed by atoms with Crippen molar-refractivity contribution in [2.24, 2.45) is 34.7 Å². The standard InChI is InChI=1S/C27H23N3O6/c1-2-34-27(33)15-3-7-16(8-4-15)30-25(31)20-18-13-19(21(20)26(30)32)24-22(18)23(29-36-24)14-5-9-17(10-6-14)35-12-11-28/h3-10,18-22,24H,2,12-13H2,1H3/t18-,19-,20-,21-,22-,24+/m0/s1. The number of oxime groups is 1. The van der Waals surface area contributed by atoms with Crippen LogP contribution in [0.25, 0.3) is 0 Å². The average molecular weight is 485 g/mol. The molecule has 0 spiro atoms. The Hall–Kier alpha value is -4.19. The van der Waals surface area contributed by atoms with Gasteiger partial charge in [-0.2, -0.15) is 5.26 Å². The summed E-state index contributed by atoms with van der Waals surface area (Å²) in [5, 5.41) is 13.1. The highest BCUT2D eigenvalue weighted by molar-refractivity contribution is 6.23. The maximum atomic E-state index is 13.6. The van der Waals surface area contributed by atoms with Gasteiger partial charge in [0.25, 0.3) is 0 Å². The van der Waals surface area contributed by atoms with Crippen molar-refractivity contribution in [3.05, 3.63) is 59.7 Å². The van der Waals surface area contributed by atoms with Gasteiger partial charge < -0.3 is 14.3 Å². The van der Waals surface area contributed by atoms with Gasteiger partial charge in [0.05, 0.1) is 35.4 Å². The van der Waals surface area contributed by atoms with E-state index in [4.69, 9.17) is 19.6 Å². The summed E-state index contributed by atoms with van der Waals surface area (Å²) in [6.07, 6.45) is 0.517. The Morgan fingerprint density at radius 1 is 1.06 bits per heavy atom. The molecule has 0 unspecified atom stereocenters. The van der Waals surface area contributed by atoms with Gasteiger partial charge in [-0.05, 0) is 67.8 Å². The van der Waals surface area contributed by atoms with Gasteiger partial charge in [0.2, 0.25) is 11.8 Å². The van der Waals surface area contributed by atoms with E-state index in [0.717, 1.165) is 17.7 Å². The second-order valence-electron chi connectivity index (χ2n) is 9.44. The molecule has 9 heteroatoms. The molecular weight excluding hydrogens is 462 g/mol. The number of rotatable bonds is 6. The van der Waals surface area contributed by atoms with Crippen molar-refractivity contribution >= 4 is 29.2 Å². The van der Waals surface area contributed by atoms with E-state index < -0.39 is 17.8 Å². The summed E-state index contributed by atoms with van der Waals surface area (Å²) < 4.78 is 10.3. The van der Waals surface area contributed by atoms with Gasteiger partial charge in [-0.15, -0.1) is 0 Å².